The molecule has 0 spiro atoms. The summed E-state index contributed by atoms with van der Waals surface area (Å²) < 4.78 is 0. The molecule has 1 N–H and O–H groups in total. The maximum atomic E-state index is 3.19. The van der Waals surface area contributed by atoms with Crippen molar-refractivity contribution in [3.8, 4) is 0 Å². The zero-order valence-electron chi connectivity index (χ0n) is 10.7. The molecule has 0 atom stereocenters. The van der Waals surface area contributed by atoms with Gasteiger partial charge in [-0.1, -0.05) is 64.7 Å². The van der Waals surface area contributed by atoms with Crippen LogP contribution >= 0.6 is 17.0 Å². The standard InChI is InChI=1S/C13H29N.BrH/c1-3-4-5-6-7-8-9-10-11-12-13-14-2;/h14H,3-13H2,1-2H3;1H. The van der Waals surface area contributed by atoms with E-state index in [1.807, 2.05) is 7.05 Å². The van der Waals surface area contributed by atoms with Crippen LogP contribution in [0.4, 0.5) is 0 Å². The number of hydrogen-bond donors (Lipinski definition) is 1. The molecule has 0 aliphatic heterocycles. The zero-order valence-corrected chi connectivity index (χ0v) is 12.4. The molecule has 0 heterocycles. The monoisotopic (exact) mass is 279 g/mol. The van der Waals surface area contributed by atoms with Crippen molar-refractivity contribution in [2.75, 3.05) is 13.6 Å². The molecule has 0 radical (unpaired) electrons. The van der Waals surface area contributed by atoms with E-state index in [9.17, 15) is 0 Å². The Bertz CT molecular complexity index is 84.5. The minimum Gasteiger partial charge on any atom is -0.320 e. The van der Waals surface area contributed by atoms with Crippen molar-refractivity contribution >= 4 is 17.0 Å². The fourth-order valence-electron chi connectivity index (χ4n) is 1.79. The van der Waals surface area contributed by atoms with Gasteiger partial charge < -0.3 is 5.32 Å². The molecule has 0 aromatic carbocycles. The molecule has 1 nitrogen and oxygen atoms in total. The molecule has 0 saturated heterocycles. The third-order valence-electron chi connectivity index (χ3n) is 2.78. The van der Waals surface area contributed by atoms with Crippen LogP contribution in [0.3, 0.4) is 0 Å². The highest BCUT2D eigenvalue weighted by Gasteiger charge is 1.91. The van der Waals surface area contributed by atoms with Gasteiger partial charge in [-0.15, -0.1) is 17.0 Å². The first-order valence-corrected chi connectivity index (χ1v) is 6.56. The topological polar surface area (TPSA) is 12.0 Å². The molecule has 0 aliphatic rings. The summed E-state index contributed by atoms with van der Waals surface area (Å²) in [5.41, 5.74) is 0. The highest BCUT2D eigenvalue weighted by atomic mass is 79.9. The molecule has 0 fully saturated rings. The van der Waals surface area contributed by atoms with E-state index in [-0.39, 0.29) is 17.0 Å². The molecule has 0 saturated carbocycles. The predicted molar refractivity (Wildman–Crippen MR) is 76.1 cm³/mol. The summed E-state index contributed by atoms with van der Waals surface area (Å²) in [6, 6.07) is 0. The van der Waals surface area contributed by atoms with Crippen molar-refractivity contribution in [3.05, 3.63) is 0 Å². The zero-order chi connectivity index (χ0) is 10.5. The molecular weight excluding hydrogens is 250 g/mol. The molecule has 94 valence electrons. The Morgan fingerprint density at radius 1 is 0.667 bits per heavy atom. The predicted octanol–water partition coefficient (Wildman–Crippen LogP) is 4.70. The molecule has 0 aromatic rings. The van der Waals surface area contributed by atoms with Crippen molar-refractivity contribution in [3.63, 3.8) is 0 Å². The molecule has 15 heavy (non-hydrogen) atoms. The molecule has 0 aromatic heterocycles. The van der Waals surface area contributed by atoms with Crippen molar-refractivity contribution in [1.82, 2.24) is 5.32 Å². The van der Waals surface area contributed by atoms with Crippen molar-refractivity contribution in [2.45, 2.75) is 71.1 Å². The lowest BCUT2D eigenvalue weighted by atomic mass is 10.1. The molecule has 0 aliphatic carbocycles. The molecule has 2 heteroatoms. The molecule has 0 unspecified atom stereocenters. The number of halogens is 1. The van der Waals surface area contributed by atoms with Gasteiger partial charge in [0.15, 0.2) is 0 Å². The Morgan fingerprint density at radius 3 is 1.47 bits per heavy atom. The lowest BCUT2D eigenvalue weighted by Crippen LogP contribution is -2.06. The van der Waals surface area contributed by atoms with E-state index in [0.29, 0.717) is 0 Å². The van der Waals surface area contributed by atoms with Gasteiger partial charge in [0.2, 0.25) is 0 Å². The second kappa shape index (κ2) is 16.9. The Labute approximate surface area is 107 Å². The van der Waals surface area contributed by atoms with Gasteiger partial charge in [-0.25, -0.2) is 0 Å². The van der Waals surface area contributed by atoms with Gasteiger partial charge in [0.05, 0.1) is 0 Å². The number of rotatable bonds is 11. The van der Waals surface area contributed by atoms with E-state index in [1.54, 1.807) is 0 Å². The van der Waals surface area contributed by atoms with Gasteiger partial charge in [-0.3, -0.25) is 0 Å². The van der Waals surface area contributed by atoms with Gasteiger partial charge in [-0.2, -0.15) is 0 Å². The second-order valence-electron chi connectivity index (χ2n) is 4.29. The maximum absolute atomic E-state index is 3.19. The third-order valence-corrected chi connectivity index (χ3v) is 2.78. The van der Waals surface area contributed by atoms with E-state index < -0.39 is 0 Å². The quantitative estimate of drug-likeness (QED) is 0.541. The summed E-state index contributed by atoms with van der Waals surface area (Å²) in [5.74, 6) is 0. The maximum Gasteiger partial charge on any atom is -0.00519 e. The molecular formula is C13H30BrN. The Kier molecular flexibility index (Phi) is 20.0. The van der Waals surface area contributed by atoms with Gasteiger partial charge in [0.25, 0.3) is 0 Å². The van der Waals surface area contributed by atoms with Crippen LogP contribution in [0.1, 0.15) is 71.1 Å². The van der Waals surface area contributed by atoms with Crippen LogP contribution in [0.15, 0.2) is 0 Å². The number of hydrogen-bond acceptors (Lipinski definition) is 1. The third kappa shape index (κ3) is 17.1. The van der Waals surface area contributed by atoms with Crippen LogP contribution in [-0.4, -0.2) is 13.6 Å². The number of unbranched alkanes of at least 4 members (excludes halogenated alkanes) is 9. The Hall–Kier alpha value is 0.440. The average Bonchev–Trinajstić information content (AvgIpc) is 2.21. The van der Waals surface area contributed by atoms with Crippen LogP contribution in [0.5, 0.6) is 0 Å². The van der Waals surface area contributed by atoms with Crippen molar-refractivity contribution in [2.24, 2.45) is 0 Å². The second-order valence-corrected chi connectivity index (χ2v) is 4.29. The fraction of sp³-hybridized carbons (Fsp3) is 1.00. The van der Waals surface area contributed by atoms with Crippen LogP contribution in [0.25, 0.3) is 0 Å². The van der Waals surface area contributed by atoms with Crippen molar-refractivity contribution in [1.29, 1.82) is 0 Å². The van der Waals surface area contributed by atoms with Gasteiger partial charge in [0, 0.05) is 0 Å². The van der Waals surface area contributed by atoms with Gasteiger partial charge in [0.1, 0.15) is 0 Å². The van der Waals surface area contributed by atoms with E-state index in [4.69, 9.17) is 0 Å². The van der Waals surface area contributed by atoms with Crippen LogP contribution < -0.4 is 5.32 Å². The fourth-order valence-corrected chi connectivity index (χ4v) is 1.79. The molecule has 0 rings (SSSR count). The molecule has 0 bridgehead atoms. The Balaban J connectivity index is 0. The average molecular weight is 280 g/mol. The van der Waals surface area contributed by atoms with Gasteiger partial charge in [-0.05, 0) is 20.0 Å². The van der Waals surface area contributed by atoms with E-state index in [2.05, 4.69) is 12.2 Å². The largest absolute Gasteiger partial charge is 0.320 e. The summed E-state index contributed by atoms with van der Waals surface area (Å²) in [6.45, 7) is 3.47. The summed E-state index contributed by atoms with van der Waals surface area (Å²) in [5, 5.41) is 3.19. The van der Waals surface area contributed by atoms with E-state index in [1.165, 1.54) is 70.8 Å². The summed E-state index contributed by atoms with van der Waals surface area (Å²) in [6.07, 6.45) is 14.3. The normalized spacial score (nSPS) is 10.0. The smallest absolute Gasteiger partial charge is 0.00519 e. The summed E-state index contributed by atoms with van der Waals surface area (Å²) >= 11 is 0. The minimum atomic E-state index is 0. The van der Waals surface area contributed by atoms with Crippen LogP contribution in [0, 0.1) is 0 Å². The van der Waals surface area contributed by atoms with Crippen LogP contribution in [-0.2, 0) is 0 Å². The first kappa shape index (κ1) is 17.8. The van der Waals surface area contributed by atoms with Gasteiger partial charge >= 0.3 is 0 Å². The van der Waals surface area contributed by atoms with Crippen LogP contribution in [0.2, 0.25) is 0 Å². The Morgan fingerprint density at radius 2 is 1.07 bits per heavy atom. The van der Waals surface area contributed by atoms with Crippen molar-refractivity contribution < 1.29 is 0 Å². The summed E-state index contributed by atoms with van der Waals surface area (Å²) in [4.78, 5) is 0. The lowest BCUT2D eigenvalue weighted by Gasteiger charge is -2.01. The van der Waals surface area contributed by atoms with E-state index in [0.717, 1.165) is 0 Å². The first-order chi connectivity index (χ1) is 6.91. The number of nitrogens with one attached hydrogen (secondary N) is 1. The minimum absolute atomic E-state index is 0. The molecule has 0 amide bonds. The highest BCUT2D eigenvalue weighted by Crippen LogP contribution is 2.09. The lowest BCUT2D eigenvalue weighted by molar-refractivity contribution is 0.551. The van der Waals surface area contributed by atoms with E-state index >= 15 is 0 Å². The summed E-state index contributed by atoms with van der Waals surface area (Å²) in [7, 11) is 2.04. The highest BCUT2D eigenvalue weighted by molar-refractivity contribution is 8.93. The first-order valence-electron chi connectivity index (χ1n) is 6.56. The SMILES string of the molecule is Br.CCCCCCCCCCCCNC.